The molecule has 114 valence electrons. The molecule has 1 N–H and O–H groups in total. The van der Waals surface area contributed by atoms with Gasteiger partial charge in [0.1, 0.15) is 0 Å². The molecule has 2 aromatic carbocycles. The van der Waals surface area contributed by atoms with E-state index in [9.17, 15) is 4.79 Å². The van der Waals surface area contributed by atoms with Crippen molar-refractivity contribution in [1.29, 1.82) is 0 Å². The summed E-state index contributed by atoms with van der Waals surface area (Å²) in [6.07, 6.45) is 0. The van der Waals surface area contributed by atoms with E-state index in [1.54, 1.807) is 30.3 Å². The quantitative estimate of drug-likeness (QED) is 0.912. The molecular weight excluding hydrogens is 325 g/mol. The second kappa shape index (κ2) is 6.07. The number of hydrogen-bond donors (Lipinski definition) is 1. The summed E-state index contributed by atoms with van der Waals surface area (Å²) in [5.41, 5.74) is 1.39. The van der Waals surface area contributed by atoms with Gasteiger partial charge in [0.05, 0.1) is 16.1 Å². The van der Waals surface area contributed by atoms with Gasteiger partial charge in [0.25, 0.3) is 5.91 Å². The molecule has 22 heavy (non-hydrogen) atoms. The molecule has 1 aliphatic rings. The third-order valence-electron chi connectivity index (χ3n) is 3.43. The minimum Gasteiger partial charge on any atom is -0.454 e. The molecule has 0 radical (unpaired) electrons. The van der Waals surface area contributed by atoms with Gasteiger partial charge in [-0.1, -0.05) is 29.3 Å². The summed E-state index contributed by atoms with van der Waals surface area (Å²) in [6, 6.07) is 10.2. The van der Waals surface area contributed by atoms with Crippen LogP contribution in [0.1, 0.15) is 28.9 Å². The molecule has 1 heterocycles. The molecule has 0 spiro atoms. The number of carbonyl (C=O) groups is 1. The van der Waals surface area contributed by atoms with Crippen LogP contribution in [0.15, 0.2) is 36.4 Å². The molecule has 0 bridgehead atoms. The van der Waals surface area contributed by atoms with E-state index in [2.05, 4.69) is 5.32 Å². The molecule has 1 aliphatic heterocycles. The van der Waals surface area contributed by atoms with Gasteiger partial charge in [-0.25, -0.2) is 0 Å². The van der Waals surface area contributed by atoms with Crippen LogP contribution in [0.3, 0.4) is 0 Å². The van der Waals surface area contributed by atoms with Crippen LogP contribution in [-0.2, 0) is 0 Å². The first kappa shape index (κ1) is 15.0. The van der Waals surface area contributed by atoms with Gasteiger partial charge in [-0.2, -0.15) is 0 Å². The van der Waals surface area contributed by atoms with Crippen LogP contribution in [0, 0.1) is 0 Å². The van der Waals surface area contributed by atoms with Gasteiger partial charge in [0, 0.05) is 5.56 Å². The largest absolute Gasteiger partial charge is 0.454 e. The van der Waals surface area contributed by atoms with Crippen molar-refractivity contribution in [3.8, 4) is 11.5 Å². The number of nitrogens with one attached hydrogen (secondary N) is 1. The molecule has 0 aromatic heterocycles. The Hall–Kier alpha value is -1.91. The maximum atomic E-state index is 12.3. The average Bonchev–Trinajstić information content (AvgIpc) is 2.97. The summed E-state index contributed by atoms with van der Waals surface area (Å²) >= 11 is 11.9. The molecule has 0 fully saturated rings. The standard InChI is InChI=1S/C16H13Cl2NO3/c1-9(10-2-4-12(17)13(18)6-10)19-16(20)11-3-5-14-15(7-11)22-8-21-14/h2-7,9H,8H2,1H3,(H,19,20). The highest BCUT2D eigenvalue weighted by atomic mass is 35.5. The lowest BCUT2D eigenvalue weighted by molar-refractivity contribution is 0.0939. The molecule has 0 saturated carbocycles. The third kappa shape index (κ3) is 2.98. The number of rotatable bonds is 3. The zero-order valence-corrected chi connectivity index (χ0v) is 13.2. The van der Waals surface area contributed by atoms with E-state index in [0.717, 1.165) is 5.56 Å². The minimum absolute atomic E-state index is 0.181. The monoisotopic (exact) mass is 337 g/mol. The van der Waals surface area contributed by atoms with Gasteiger partial charge in [-0.05, 0) is 42.8 Å². The van der Waals surface area contributed by atoms with Crippen LogP contribution < -0.4 is 14.8 Å². The topological polar surface area (TPSA) is 47.6 Å². The third-order valence-corrected chi connectivity index (χ3v) is 4.17. The van der Waals surface area contributed by atoms with Gasteiger partial charge in [0.15, 0.2) is 11.5 Å². The average molecular weight is 338 g/mol. The number of benzene rings is 2. The van der Waals surface area contributed by atoms with Crippen LogP contribution >= 0.6 is 23.2 Å². The fourth-order valence-corrected chi connectivity index (χ4v) is 2.49. The molecule has 0 aliphatic carbocycles. The molecule has 0 saturated heterocycles. The molecule has 1 amide bonds. The van der Waals surface area contributed by atoms with Gasteiger partial charge in [0.2, 0.25) is 6.79 Å². The second-order valence-corrected chi connectivity index (χ2v) is 5.75. The Morgan fingerprint density at radius 1 is 1.09 bits per heavy atom. The number of amides is 1. The molecule has 3 rings (SSSR count). The Balaban J connectivity index is 1.74. The summed E-state index contributed by atoms with van der Waals surface area (Å²) in [5.74, 6) is 1.03. The highest BCUT2D eigenvalue weighted by molar-refractivity contribution is 6.42. The highest BCUT2D eigenvalue weighted by Gasteiger charge is 2.18. The lowest BCUT2D eigenvalue weighted by atomic mass is 10.1. The Kier molecular flexibility index (Phi) is 4.14. The summed E-state index contributed by atoms with van der Waals surface area (Å²) in [5, 5.41) is 3.86. The van der Waals surface area contributed by atoms with Gasteiger partial charge in [-0.3, -0.25) is 4.79 Å². The van der Waals surface area contributed by atoms with Crippen molar-refractivity contribution in [2.45, 2.75) is 13.0 Å². The first-order valence-electron chi connectivity index (χ1n) is 6.70. The predicted octanol–water partition coefficient (Wildman–Crippen LogP) is 4.21. The number of halogens is 2. The zero-order chi connectivity index (χ0) is 15.7. The van der Waals surface area contributed by atoms with E-state index in [-0.39, 0.29) is 18.7 Å². The maximum absolute atomic E-state index is 12.3. The molecular formula is C16H13Cl2NO3. The Bertz CT molecular complexity index is 733. The zero-order valence-electron chi connectivity index (χ0n) is 11.7. The van der Waals surface area contributed by atoms with Crippen molar-refractivity contribution in [3.05, 3.63) is 57.6 Å². The van der Waals surface area contributed by atoms with E-state index >= 15 is 0 Å². The number of fused-ring (bicyclic) bond motifs is 1. The van der Waals surface area contributed by atoms with Gasteiger partial charge >= 0.3 is 0 Å². The SMILES string of the molecule is CC(NC(=O)c1ccc2c(c1)OCO2)c1ccc(Cl)c(Cl)c1. The first-order chi connectivity index (χ1) is 10.5. The lowest BCUT2D eigenvalue weighted by Crippen LogP contribution is -2.26. The van der Waals surface area contributed by atoms with Gasteiger partial charge < -0.3 is 14.8 Å². The number of carbonyl (C=O) groups excluding carboxylic acids is 1. The second-order valence-electron chi connectivity index (χ2n) is 4.94. The molecule has 2 aromatic rings. The maximum Gasteiger partial charge on any atom is 0.251 e. The summed E-state index contributed by atoms with van der Waals surface area (Å²) < 4.78 is 10.5. The van der Waals surface area contributed by atoms with Crippen LogP contribution in [0.25, 0.3) is 0 Å². The Labute approximate surface area is 137 Å². The van der Waals surface area contributed by atoms with Crippen LogP contribution in [0.5, 0.6) is 11.5 Å². The van der Waals surface area contributed by atoms with E-state index in [0.29, 0.717) is 27.1 Å². The van der Waals surface area contributed by atoms with Crippen molar-refractivity contribution in [2.75, 3.05) is 6.79 Å². The number of ether oxygens (including phenoxy) is 2. The number of hydrogen-bond acceptors (Lipinski definition) is 3. The molecule has 4 nitrogen and oxygen atoms in total. The molecule has 1 atom stereocenters. The van der Waals surface area contributed by atoms with E-state index in [4.69, 9.17) is 32.7 Å². The fourth-order valence-electron chi connectivity index (χ4n) is 2.18. The van der Waals surface area contributed by atoms with E-state index < -0.39 is 0 Å². The van der Waals surface area contributed by atoms with Crippen molar-refractivity contribution in [1.82, 2.24) is 5.32 Å². The van der Waals surface area contributed by atoms with Crippen LogP contribution in [0.4, 0.5) is 0 Å². The molecule has 6 heteroatoms. The van der Waals surface area contributed by atoms with Crippen molar-refractivity contribution < 1.29 is 14.3 Å². The van der Waals surface area contributed by atoms with Crippen molar-refractivity contribution in [2.24, 2.45) is 0 Å². The fraction of sp³-hybridized carbons (Fsp3) is 0.188. The summed E-state index contributed by atoms with van der Waals surface area (Å²) in [4.78, 5) is 12.3. The smallest absolute Gasteiger partial charge is 0.251 e. The Morgan fingerprint density at radius 3 is 2.64 bits per heavy atom. The Morgan fingerprint density at radius 2 is 1.86 bits per heavy atom. The van der Waals surface area contributed by atoms with Gasteiger partial charge in [-0.15, -0.1) is 0 Å². The summed E-state index contributed by atoms with van der Waals surface area (Å²) in [7, 11) is 0. The first-order valence-corrected chi connectivity index (χ1v) is 7.45. The van der Waals surface area contributed by atoms with E-state index in [1.807, 2.05) is 13.0 Å². The van der Waals surface area contributed by atoms with Crippen molar-refractivity contribution >= 4 is 29.1 Å². The van der Waals surface area contributed by atoms with Crippen molar-refractivity contribution in [3.63, 3.8) is 0 Å². The normalized spacial score (nSPS) is 13.8. The van der Waals surface area contributed by atoms with Crippen LogP contribution in [-0.4, -0.2) is 12.7 Å². The minimum atomic E-state index is -0.201. The van der Waals surface area contributed by atoms with Crippen LogP contribution in [0.2, 0.25) is 10.0 Å². The van der Waals surface area contributed by atoms with E-state index in [1.165, 1.54) is 0 Å². The highest BCUT2D eigenvalue weighted by Crippen LogP contribution is 2.32. The summed E-state index contributed by atoms with van der Waals surface area (Å²) in [6.45, 7) is 2.06. The molecule has 1 unspecified atom stereocenters. The lowest BCUT2D eigenvalue weighted by Gasteiger charge is -2.15. The predicted molar refractivity (Wildman–Crippen MR) is 84.9 cm³/mol.